The highest BCUT2D eigenvalue weighted by molar-refractivity contribution is 5.91. The van der Waals surface area contributed by atoms with Crippen LogP contribution in [0.15, 0.2) is 11.8 Å². The molecular formula is C17H26O12. The fourth-order valence-electron chi connectivity index (χ4n) is 4.17. The summed E-state index contributed by atoms with van der Waals surface area (Å²) in [5.41, 5.74) is -4.41. The first-order chi connectivity index (χ1) is 13.5. The maximum atomic E-state index is 12.1. The van der Waals surface area contributed by atoms with Crippen molar-refractivity contribution in [1.29, 1.82) is 0 Å². The molecule has 166 valence electrons. The molecule has 1 saturated heterocycles. The lowest BCUT2D eigenvalue weighted by Crippen LogP contribution is -2.62. The van der Waals surface area contributed by atoms with E-state index in [2.05, 4.69) is 4.74 Å². The van der Waals surface area contributed by atoms with E-state index in [0.29, 0.717) is 0 Å². The van der Waals surface area contributed by atoms with Crippen molar-refractivity contribution in [3.05, 3.63) is 11.8 Å². The lowest BCUT2D eigenvalue weighted by molar-refractivity contribution is -0.352. The molecule has 2 fully saturated rings. The van der Waals surface area contributed by atoms with E-state index in [1.807, 2.05) is 0 Å². The van der Waals surface area contributed by atoms with Gasteiger partial charge in [0.25, 0.3) is 0 Å². The monoisotopic (exact) mass is 422 g/mol. The van der Waals surface area contributed by atoms with Gasteiger partial charge in [-0.2, -0.15) is 0 Å². The molecule has 1 saturated carbocycles. The molecule has 2 aliphatic heterocycles. The van der Waals surface area contributed by atoms with Gasteiger partial charge in [-0.1, -0.05) is 0 Å². The second kappa shape index (κ2) is 7.72. The van der Waals surface area contributed by atoms with Gasteiger partial charge in [0.2, 0.25) is 6.29 Å². The van der Waals surface area contributed by atoms with E-state index >= 15 is 0 Å². The van der Waals surface area contributed by atoms with Crippen LogP contribution in [0.3, 0.4) is 0 Å². The molecule has 12 nitrogen and oxygen atoms in total. The third-order valence-corrected chi connectivity index (χ3v) is 5.90. The summed E-state index contributed by atoms with van der Waals surface area (Å²) in [6, 6.07) is 0. The Morgan fingerprint density at radius 3 is 2.41 bits per heavy atom. The molecule has 0 bridgehead atoms. The molecule has 0 amide bonds. The number of aliphatic hydroxyl groups excluding tert-OH is 5. The zero-order valence-corrected chi connectivity index (χ0v) is 15.8. The van der Waals surface area contributed by atoms with Gasteiger partial charge in [-0.25, -0.2) is 4.79 Å². The quantitative estimate of drug-likeness (QED) is 0.218. The van der Waals surface area contributed by atoms with Gasteiger partial charge in [-0.3, -0.25) is 0 Å². The smallest absolute Gasteiger partial charge is 0.339 e. The van der Waals surface area contributed by atoms with Gasteiger partial charge in [-0.05, 0) is 6.92 Å². The first-order valence-electron chi connectivity index (χ1n) is 9.02. The zero-order chi connectivity index (χ0) is 21.7. The molecule has 12 heteroatoms. The van der Waals surface area contributed by atoms with Gasteiger partial charge in [0.05, 0.1) is 37.6 Å². The largest absolute Gasteiger partial charge is 0.471 e. The average molecular weight is 422 g/mol. The highest BCUT2D eigenvalue weighted by Crippen LogP contribution is 2.52. The molecule has 0 aromatic carbocycles. The Labute approximate surface area is 165 Å². The summed E-state index contributed by atoms with van der Waals surface area (Å²) in [6.45, 7) is 0.528. The number of carbonyl (C=O) groups is 1. The van der Waals surface area contributed by atoms with Crippen molar-refractivity contribution in [2.75, 3.05) is 13.7 Å². The van der Waals surface area contributed by atoms with Crippen LogP contribution in [0.5, 0.6) is 0 Å². The fourth-order valence-corrected chi connectivity index (χ4v) is 4.17. The van der Waals surface area contributed by atoms with E-state index in [1.54, 1.807) is 0 Å². The van der Waals surface area contributed by atoms with Gasteiger partial charge >= 0.3 is 5.97 Å². The number of methoxy groups -OCH3 is 1. The standard InChI is InChI=1S/C17H26O12/c1-16(24)8(19)3-17(25)6(13(23)26-2)5-27-15(12(16)17)29-14-11(22)10(21)9(20)7(4-18)28-14/h5,7-12,14-15,18-22,24-25H,3-4H2,1-2H3/t7-,8-,9-,10-,11-,12+,14+,15-,16-,17-/m1/s1. The summed E-state index contributed by atoms with van der Waals surface area (Å²) in [5, 5.41) is 71.4. The molecule has 0 aromatic heterocycles. The summed E-state index contributed by atoms with van der Waals surface area (Å²) in [7, 11) is 1.08. The highest BCUT2D eigenvalue weighted by Gasteiger charge is 2.67. The van der Waals surface area contributed by atoms with E-state index in [-0.39, 0.29) is 5.57 Å². The summed E-state index contributed by atoms with van der Waals surface area (Å²) in [6.07, 6.45) is -10.5. The first-order valence-corrected chi connectivity index (χ1v) is 9.02. The summed E-state index contributed by atoms with van der Waals surface area (Å²) < 4.78 is 20.7. The molecule has 0 unspecified atom stereocenters. The lowest BCUT2D eigenvalue weighted by Gasteiger charge is -2.46. The van der Waals surface area contributed by atoms with Crippen LogP contribution in [-0.2, 0) is 23.7 Å². The van der Waals surface area contributed by atoms with E-state index in [4.69, 9.17) is 14.2 Å². The first kappa shape index (κ1) is 22.3. The highest BCUT2D eigenvalue weighted by atomic mass is 16.8. The van der Waals surface area contributed by atoms with E-state index in [1.165, 1.54) is 6.92 Å². The molecule has 3 rings (SSSR count). The van der Waals surface area contributed by atoms with Gasteiger partial charge in [0.1, 0.15) is 35.6 Å². The van der Waals surface area contributed by atoms with Crippen LogP contribution in [0.4, 0.5) is 0 Å². The Morgan fingerprint density at radius 2 is 1.83 bits per heavy atom. The van der Waals surface area contributed by atoms with Crippen molar-refractivity contribution in [1.82, 2.24) is 0 Å². The van der Waals surface area contributed by atoms with Crippen molar-refractivity contribution in [2.45, 2.75) is 67.6 Å². The molecule has 10 atom stereocenters. The molecule has 2 heterocycles. The molecule has 7 N–H and O–H groups in total. The Kier molecular flexibility index (Phi) is 5.95. The van der Waals surface area contributed by atoms with E-state index < -0.39 is 79.2 Å². The fraction of sp³-hybridized carbons (Fsp3) is 0.824. The summed E-state index contributed by atoms with van der Waals surface area (Å²) >= 11 is 0. The molecule has 0 radical (unpaired) electrons. The maximum absolute atomic E-state index is 12.1. The molecule has 0 spiro atoms. The van der Waals surface area contributed by atoms with Crippen molar-refractivity contribution >= 4 is 5.97 Å². The predicted molar refractivity (Wildman–Crippen MR) is 89.5 cm³/mol. The minimum Gasteiger partial charge on any atom is -0.471 e. The number of esters is 1. The van der Waals surface area contributed by atoms with Crippen LogP contribution in [0.1, 0.15) is 13.3 Å². The number of hydrogen-bond acceptors (Lipinski definition) is 12. The Hall–Kier alpha value is -1.35. The molecule has 0 aromatic rings. The van der Waals surface area contributed by atoms with Crippen LogP contribution < -0.4 is 0 Å². The van der Waals surface area contributed by atoms with Gasteiger partial charge < -0.3 is 54.7 Å². The van der Waals surface area contributed by atoms with E-state index in [9.17, 15) is 40.5 Å². The number of carbonyl (C=O) groups excluding carboxylic acids is 1. The predicted octanol–water partition coefficient (Wildman–Crippen LogP) is -3.92. The minimum atomic E-state index is -2.09. The molecule has 3 aliphatic rings. The SMILES string of the molecule is COC(=O)C1=CO[C@H](O[C@@H]2O[C@H](CO)[C@@H](O)[C@@H](O)[C@H]2O)[C@H]2[C@](C)(O)[C@H](O)C[C@@]12O. The number of aliphatic hydroxyl groups is 7. The van der Waals surface area contributed by atoms with Crippen molar-refractivity contribution in [2.24, 2.45) is 5.92 Å². The third-order valence-electron chi connectivity index (χ3n) is 5.90. The van der Waals surface area contributed by atoms with Gasteiger partial charge in [0.15, 0.2) is 6.29 Å². The van der Waals surface area contributed by atoms with E-state index in [0.717, 1.165) is 13.4 Å². The van der Waals surface area contributed by atoms with Crippen LogP contribution in [0.2, 0.25) is 0 Å². The number of ether oxygens (including phenoxy) is 4. The average Bonchev–Trinajstić information content (AvgIpc) is 2.86. The third kappa shape index (κ3) is 3.44. The van der Waals surface area contributed by atoms with Gasteiger partial charge in [0, 0.05) is 6.42 Å². The second-order valence-electron chi connectivity index (χ2n) is 7.71. The summed E-state index contributed by atoms with van der Waals surface area (Å²) in [4.78, 5) is 12.1. The Balaban J connectivity index is 1.92. The van der Waals surface area contributed by atoms with Crippen LogP contribution in [0.25, 0.3) is 0 Å². The van der Waals surface area contributed by atoms with Crippen LogP contribution >= 0.6 is 0 Å². The van der Waals surface area contributed by atoms with Crippen molar-refractivity contribution in [3.63, 3.8) is 0 Å². The van der Waals surface area contributed by atoms with Crippen molar-refractivity contribution < 1.29 is 59.5 Å². The normalized spacial score (nSPS) is 49.8. The number of rotatable bonds is 4. The number of hydrogen-bond donors (Lipinski definition) is 7. The Morgan fingerprint density at radius 1 is 1.17 bits per heavy atom. The molecular weight excluding hydrogens is 396 g/mol. The van der Waals surface area contributed by atoms with Crippen molar-refractivity contribution in [3.8, 4) is 0 Å². The second-order valence-corrected chi connectivity index (χ2v) is 7.71. The van der Waals surface area contributed by atoms with Crippen LogP contribution in [-0.4, -0.2) is 110 Å². The van der Waals surface area contributed by atoms with Gasteiger partial charge in [-0.15, -0.1) is 0 Å². The topological polar surface area (TPSA) is 196 Å². The molecule has 29 heavy (non-hydrogen) atoms. The minimum absolute atomic E-state index is 0.338. The maximum Gasteiger partial charge on any atom is 0.339 e. The Bertz CT molecular complexity index is 663. The molecule has 1 aliphatic carbocycles. The van der Waals surface area contributed by atoms with Crippen LogP contribution in [0, 0.1) is 5.92 Å². The number of fused-ring (bicyclic) bond motifs is 1. The zero-order valence-electron chi connectivity index (χ0n) is 15.8. The lowest BCUT2D eigenvalue weighted by atomic mass is 9.77. The summed E-state index contributed by atoms with van der Waals surface area (Å²) in [5.74, 6) is -2.36.